The monoisotopic (exact) mass is 393 g/mol. The molecule has 0 aliphatic carbocycles. The molecule has 3 rings (SSSR count). The molecule has 2 N–H and O–H groups in total. The maximum Gasteiger partial charge on any atom is 0.241 e. The van der Waals surface area contributed by atoms with E-state index in [1.165, 1.54) is 22.6 Å². The van der Waals surface area contributed by atoms with Crippen LogP contribution in [0.25, 0.3) is 0 Å². The third-order valence-corrected chi connectivity index (χ3v) is 5.98. The number of benzene rings is 1. The molecule has 0 atom stereocenters. The Hall–Kier alpha value is -2.36. The number of quaternary nitrogens is 1. The number of pyridine rings is 1. The van der Waals surface area contributed by atoms with Gasteiger partial charge in [-0.1, -0.05) is 0 Å². The van der Waals surface area contributed by atoms with Crippen molar-refractivity contribution in [3.63, 3.8) is 0 Å². The number of halogens is 1. The fourth-order valence-corrected chi connectivity index (χ4v) is 3.98. The number of hydrogen-bond acceptors (Lipinski definition) is 4. The molecular formula is C18H22FN4O3S+. The van der Waals surface area contributed by atoms with Gasteiger partial charge in [-0.05, 0) is 36.4 Å². The Balaban J connectivity index is 1.47. The highest BCUT2D eigenvalue weighted by molar-refractivity contribution is 7.89. The molecule has 1 aromatic carbocycles. The van der Waals surface area contributed by atoms with E-state index in [0.29, 0.717) is 13.1 Å². The van der Waals surface area contributed by atoms with Crippen LogP contribution in [0.5, 0.6) is 0 Å². The zero-order valence-corrected chi connectivity index (χ0v) is 15.6. The van der Waals surface area contributed by atoms with Crippen LogP contribution < -0.4 is 9.62 Å². The lowest BCUT2D eigenvalue weighted by Crippen LogP contribution is -3.13. The quantitative estimate of drug-likeness (QED) is 0.688. The van der Waals surface area contributed by atoms with Gasteiger partial charge in [-0.3, -0.25) is 9.78 Å². The van der Waals surface area contributed by atoms with Crippen molar-refractivity contribution in [3.8, 4) is 0 Å². The standard InChI is InChI=1S/C18H21FN4O3S/c19-16-1-3-17(4-2-16)27(25,26)21-13-18(24)23-11-9-22(10-12-23)14-15-5-7-20-8-6-15/h1-8,21H,9-14H2/p+1. The number of amides is 1. The molecule has 0 radical (unpaired) electrons. The molecule has 0 spiro atoms. The minimum absolute atomic E-state index is 0.0664. The summed E-state index contributed by atoms with van der Waals surface area (Å²) in [4.78, 5) is 19.3. The highest BCUT2D eigenvalue weighted by Crippen LogP contribution is 2.09. The molecule has 1 fully saturated rings. The molecule has 0 unspecified atom stereocenters. The van der Waals surface area contributed by atoms with Crippen molar-refractivity contribution in [1.29, 1.82) is 0 Å². The first-order chi connectivity index (χ1) is 12.9. The molecular weight excluding hydrogens is 371 g/mol. The van der Waals surface area contributed by atoms with E-state index < -0.39 is 15.8 Å². The van der Waals surface area contributed by atoms with Gasteiger partial charge >= 0.3 is 0 Å². The van der Waals surface area contributed by atoms with Crippen molar-refractivity contribution in [1.82, 2.24) is 14.6 Å². The van der Waals surface area contributed by atoms with Gasteiger partial charge in [0.15, 0.2) is 0 Å². The number of piperazine rings is 1. The summed E-state index contributed by atoms with van der Waals surface area (Å²) in [6, 6.07) is 8.44. The number of carbonyl (C=O) groups is 1. The van der Waals surface area contributed by atoms with Gasteiger partial charge in [0.2, 0.25) is 15.9 Å². The molecule has 144 valence electrons. The van der Waals surface area contributed by atoms with Crippen LogP contribution in [0.4, 0.5) is 4.39 Å². The van der Waals surface area contributed by atoms with Crippen LogP contribution in [0.15, 0.2) is 53.7 Å². The normalized spacial score (nSPS) is 15.7. The number of hydrogen-bond donors (Lipinski definition) is 2. The zero-order chi connectivity index (χ0) is 19.3. The molecule has 1 amide bonds. The molecule has 1 saturated heterocycles. The van der Waals surface area contributed by atoms with E-state index in [2.05, 4.69) is 9.71 Å². The number of aromatic nitrogens is 1. The van der Waals surface area contributed by atoms with E-state index in [1.54, 1.807) is 17.3 Å². The largest absolute Gasteiger partial charge is 0.330 e. The van der Waals surface area contributed by atoms with E-state index in [-0.39, 0.29) is 17.3 Å². The minimum Gasteiger partial charge on any atom is -0.330 e. The second-order valence-electron chi connectivity index (χ2n) is 6.44. The average Bonchev–Trinajstić information content (AvgIpc) is 2.68. The van der Waals surface area contributed by atoms with Crippen molar-refractivity contribution in [2.24, 2.45) is 0 Å². The van der Waals surface area contributed by atoms with Gasteiger partial charge in [0.25, 0.3) is 0 Å². The molecule has 1 aromatic heterocycles. The van der Waals surface area contributed by atoms with Crippen LogP contribution in [-0.2, 0) is 21.4 Å². The maximum atomic E-state index is 12.9. The van der Waals surface area contributed by atoms with Crippen molar-refractivity contribution in [2.75, 3.05) is 32.7 Å². The Bertz CT molecular complexity index is 867. The van der Waals surface area contributed by atoms with Gasteiger partial charge in [0.1, 0.15) is 12.4 Å². The maximum absolute atomic E-state index is 12.9. The second-order valence-corrected chi connectivity index (χ2v) is 8.21. The summed E-state index contributed by atoms with van der Waals surface area (Å²) in [7, 11) is -3.84. The minimum atomic E-state index is -3.84. The molecule has 0 saturated carbocycles. The van der Waals surface area contributed by atoms with Gasteiger partial charge < -0.3 is 9.80 Å². The van der Waals surface area contributed by atoms with Crippen LogP contribution >= 0.6 is 0 Å². The number of carbonyl (C=O) groups excluding carboxylic acids is 1. The molecule has 0 bridgehead atoms. The summed E-state index contributed by atoms with van der Waals surface area (Å²) in [5.41, 5.74) is 1.20. The Labute approximate surface area is 157 Å². The molecule has 9 heteroatoms. The molecule has 27 heavy (non-hydrogen) atoms. The number of sulfonamides is 1. The predicted molar refractivity (Wildman–Crippen MR) is 96.8 cm³/mol. The lowest BCUT2D eigenvalue weighted by Gasteiger charge is -2.32. The fraction of sp³-hybridized carbons (Fsp3) is 0.333. The van der Waals surface area contributed by atoms with Crippen molar-refractivity contribution in [2.45, 2.75) is 11.4 Å². The van der Waals surface area contributed by atoms with E-state index in [0.717, 1.165) is 31.8 Å². The van der Waals surface area contributed by atoms with Crippen LogP contribution in [-0.4, -0.2) is 56.9 Å². The van der Waals surface area contributed by atoms with E-state index >= 15 is 0 Å². The van der Waals surface area contributed by atoms with Crippen LogP contribution in [0.2, 0.25) is 0 Å². The molecule has 1 aliphatic heterocycles. The Morgan fingerprint density at radius 1 is 1.11 bits per heavy atom. The molecule has 7 nitrogen and oxygen atoms in total. The fourth-order valence-electron chi connectivity index (χ4n) is 3.00. The zero-order valence-electron chi connectivity index (χ0n) is 14.8. The first-order valence-corrected chi connectivity index (χ1v) is 10.2. The third-order valence-electron chi connectivity index (χ3n) is 4.56. The van der Waals surface area contributed by atoms with Gasteiger partial charge in [-0.2, -0.15) is 0 Å². The highest BCUT2D eigenvalue weighted by atomic mass is 32.2. The topological polar surface area (TPSA) is 83.8 Å². The Morgan fingerprint density at radius 2 is 1.74 bits per heavy atom. The summed E-state index contributed by atoms with van der Waals surface area (Å²) in [5.74, 6) is -0.777. The second kappa shape index (κ2) is 8.55. The molecule has 2 heterocycles. The van der Waals surface area contributed by atoms with Crippen LogP contribution in [0.1, 0.15) is 5.56 Å². The summed E-state index contributed by atoms with van der Waals surface area (Å²) < 4.78 is 39.6. The van der Waals surface area contributed by atoms with Crippen molar-refractivity contribution >= 4 is 15.9 Å². The van der Waals surface area contributed by atoms with E-state index in [4.69, 9.17) is 0 Å². The lowest BCUT2D eigenvalue weighted by molar-refractivity contribution is -0.917. The van der Waals surface area contributed by atoms with Crippen molar-refractivity contribution in [3.05, 3.63) is 60.2 Å². The number of nitrogens with zero attached hydrogens (tertiary/aromatic N) is 2. The number of rotatable bonds is 6. The lowest BCUT2D eigenvalue weighted by atomic mass is 10.2. The van der Waals surface area contributed by atoms with Crippen LogP contribution in [0, 0.1) is 5.82 Å². The van der Waals surface area contributed by atoms with Crippen LogP contribution in [0.3, 0.4) is 0 Å². The first kappa shape index (κ1) is 19.4. The summed E-state index contributed by atoms with van der Waals surface area (Å²) in [6.45, 7) is 3.34. The van der Waals surface area contributed by atoms with E-state index in [9.17, 15) is 17.6 Å². The van der Waals surface area contributed by atoms with Crippen molar-refractivity contribution < 1.29 is 22.5 Å². The molecule has 2 aromatic rings. The van der Waals surface area contributed by atoms with E-state index in [1.807, 2.05) is 12.1 Å². The first-order valence-electron chi connectivity index (χ1n) is 8.69. The van der Waals surface area contributed by atoms with Gasteiger partial charge in [-0.25, -0.2) is 17.5 Å². The summed E-state index contributed by atoms with van der Waals surface area (Å²) >= 11 is 0. The third kappa shape index (κ3) is 5.31. The Kier molecular flexibility index (Phi) is 6.15. The van der Waals surface area contributed by atoms with Gasteiger partial charge in [0.05, 0.1) is 37.6 Å². The Morgan fingerprint density at radius 3 is 2.37 bits per heavy atom. The summed E-state index contributed by atoms with van der Waals surface area (Å²) in [6.07, 6.45) is 3.53. The van der Waals surface area contributed by atoms with Gasteiger partial charge in [0, 0.05) is 18.0 Å². The summed E-state index contributed by atoms with van der Waals surface area (Å²) in [5, 5.41) is 0. The van der Waals surface area contributed by atoms with Gasteiger partial charge in [-0.15, -0.1) is 0 Å². The molecule has 1 aliphatic rings. The highest BCUT2D eigenvalue weighted by Gasteiger charge is 2.25. The number of nitrogens with one attached hydrogen (secondary N) is 2. The smallest absolute Gasteiger partial charge is 0.241 e. The predicted octanol–water partition coefficient (Wildman–Crippen LogP) is -0.574. The SMILES string of the molecule is O=C(CNS(=O)(=O)c1ccc(F)cc1)N1CC[NH+](Cc2ccncc2)CC1. The average molecular weight is 393 g/mol.